The van der Waals surface area contributed by atoms with Crippen molar-refractivity contribution in [2.45, 2.75) is 0 Å². The van der Waals surface area contributed by atoms with E-state index in [1.54, 1.807) is 24.3 Å². The van der Waals surface area contributed by atoms with Crippen LogP contribution in [0.15, 0.2) is 48.5 Å². The fraction of sp³-hybridized carbons (Fsp3) is 0. The lowest BCUT2D eigenvalue weighted by Crippen LogP contribution is -1.90. The van der Waals surface area contributed by atoms with Crippen molar-refractivity contribution in [2.75, 3.05) is 5.73 Å². The van der Waals surface area contributed by atoms with Gasteiger partial charge in [0.25, 0.3) is 0 Å². The Morgan fingerprint density at radius 3 is 2.70 bits per heavy atom. The number of aromatic nitrogens is 1. The van der Waals surface area contributed by atoms with E-state index in [9.17, 15) is 4.39 Å². The summed E-state index contributed by atoms with van der Waals surface area (Å²) < 4.78 is 18.8. The zero-order valence-electron chi connectivity index (χ0n) is 10.3. The molecule has 2 N–H and O–H groups in total. The van der Waals surface area contributed by atoms with Gasteiger partial charge in [-0.15, -0.1) is 0 Å². The van der Waals surface area contributed by atoms with E-state index in [4.69, 9.17) is 22.1 Å². The van der Waals surface area contributed by atoms with Gasteiger partial charge in [-0.2, -0.15) is 0 Å². The van der Waals surface area contributed by atoms with Crippen LogP contribution in [0.2, 0.25) is 5.02 Å². The van der Waals surface area contributed by atoms with E-state index in [1.807, 2.05) is 12.1 Å². The number of nitrogens with zero attached hydrogens (tertiary/aromatic N) is 1. The summed E-state index contributed by atoms with van der Waals surface area (Å²) in [5, 5.41) is 0.971. The first kappa shape index (κ1) is 12.7. The first-order chi connectivity index (χ1) is 9.61. The van der Waals surface area contributed by atoms with Crippen molar-refractivity contribution in [1.82, 2.24) is 4.98 Å². The fourth-order valence-corrected chi connectivity index (χ4v) is 1.96. The van der Waals surface area contributed by atoms with Crippen molar-refractivity contribution in [3.05, 3.63) is 59.4 Å². The van der Waals surface area contributed by atoms with Crippen LogP contribution in [0.25, 0.3) is 10.9 Å². The van der Waals surface area contributed by atoms with Gasteiger partial charge >= 0.3 is 0 Å². The van der Waals surface area contributed by atoms with Crippen molar-refractivity contribution in [3.63, 3.8) is 0 Å². The van der Waals surface area contributed by atoms with Crippen LogP contribution in [-0.4, -0.2) is 4.98 Å². The molecule has 0 aliphatic heterocycles. The standard InChI is InChI=1S/C15H10ClFN2O/c16-12-4-3-11(8-13(12)17)20-15-6-1-9-7-10(18)2-5-14(9)19-15/h1-8H,18H2. The molecular formula is C15H10ClFN2O. The first-order valence-corrected chi connectivity index (χ1v) is 6.29. The van der Waals surface area contributed by atoms with Gasteiger partial charge < -0.3 is 10.5 Å². The van der Waals surface area contributed by atoms with Gasteiger partial charge in [0.15, 0.2) is 0 Å². The van der Waals surface area contributed by atoms with Crippen LogP contribution >= 0.6 is 11.6 Å². The van der Waals surface area contributed by atoms with Crippen LogP contribution in [0.3, 0.4) is 0 Å². The molecule has 0 unspecified atom stereocenters. The van der Waals surface area contributed by atoms with Gasteiger partial charge in [-0.1, -0.05) is 11.6 Å². The average molecular weight is 289 g/mol. The summed E-state index contributed by atoms with van der Waals surface area (Å²) in [5.41, 5.74) is 7.13. The molecule has 0 bridgehead atoms. The summed E-state index contributed by atoms with van der Waals surface area (Å²) in [6.45, 7) is 0. The number of nitrogen functional groups attached to an aromatic ring is 1. The third-order valence-corrected chi connectivity index (χ3v) is 3.11. The van der Waals surface area contributed by atoms with Crippen LogP contribution in [0, 0.1) is 5.82 Å². The summed E-state index contributed by atoms with van der Waals surface area (Å²) in [6, 6.07) is 13.2. The van der Waals surface area contributed by atoms with Crippen molar-refractivity contribution < 1.29 is 9.13 Å². The van der Waals surface area contributed by atoms with E-state index in [1.165, 1.54) is 12.1 Å². The van der Waals surface area contributed by atoms with Crippen LogP contribution in [-0.2, 0) is 0 Å². The lowest BCUT2D eigenvalue weighted by Gasteiger charge is -2.06. The normalized spacial score (nSPS) is 10.7. The Morgan fingerprint density at radius 2 is 1.90 bits per heavy atom. The van der Waals surface area contributed by atoms with Gasteiger partial charge in [-0.05, 0) is 36.4 Å². The molecule has 3 rings (SSSR count). The lowest BCUT2D eigenvalue weighted by molar-refractivity contribution is 0.460. The summed E-state index contributed by atoms with van der Waals surface area (Å²) in [7, 11) is 0. The fourth-order valence-electron chi connectivity index (χ4n) is 1.84. The maximum Gasteiger partial charge on any atom is 0.219 e. The van der Waals surface area contributed by atoms with Crippen molar-refractivity contribution >= 4 is 28.2 Å². The number of halogens is 2. The highest BCUT2D eigenvalue weighted by molar-refractivity contribution is 6.30. The summed E-state index contributed by atoms with van der Waals surface area (Å²) in [5.74, 6) is 0.191. The Kier molecular flexibility index (Phi) is 3.16. The Balaban J connectivity index is 1.94. The number of benzene rings is 2. The van der Waals surface area contributed by atoms with E-state index in [0.717, 1.165) is 10.9 Å². The predicted octanol–water partition coefficient (Wildman–Crippen LogP) is 4.40. The second-order valence-electron chi connectivity index (χ2n) is 4.28. The number of ether oxygens (including phenoxy) is 1. The Hall–Kier alpha value is -2.33. The molecular weight excluding hydrogens is 279 g/mol. The number of anilines is 1. The molecule has 0 aliphatic rings. The second-order valence-corrected chi connectivity index (χ2v) is 4.69. The van der Waals surface area contributed by atoms with Crippen molar-refractivity contribution in [1.29, 1.82) is 0 Å². The Morgan fingerprint density at radius 1 is 1.05 bits per heavy atom. The molecule has 0 fully saturated rings. The highest BCUT2D eigenvalue weighted by Gasteiger charge is 2.05. The molecule has 3 aromatic rings. The van der Waals surface area contributed by atoms with E-state index in [-0.39, 0.29) is 5.02 Å². The maximum atomic E-state index is 13.3. The molecule has 20 heavy (non-hydrogen) atoms. The molecule has 0 saturated carbocycles. The van der Waals surface area contributed by atoms with Crippen LogP contribution in [0.1, 0.15) is 0 Å². The van der Waals surface area contributed by atoms with Crippen molar-refractivity contribution in [2.24, 2.45) is 0 Å². The number of hydrogen-bond acceptors (Lipinski definition) is 3. The molecule has 1 heterocycles. The zero-order chi connectivity index (χ0) is 14.1. The second kappa shape index (κ2) is 4.98. The van der Waals surface area contributed by atoms with Gasteiger partial charge in [0.1, 0.15) is 11.6 Å². The summed E-state index contributed by atoms with van der Waals surface area (Å²) >= 11 is 5.62. The third kappa shape index (κ3) is 2.51. The lowest BCUT2D eigenvalue weighted by atomic mass is 10.2. The summed E-state index contributed by atoms with van der Waals surface area (Å²) in [4.78, 5) is 4.33. The first-order valence-electron chi connectivity index (χ1n) is 5.91. The zero-order valence-corrected chi connectivity index (χ0v) is 11.1. The van der Waals surface area contributed by atoms with Gasteiger partial charge in [0.2, 0.25) is 5.88 Å². The van der Waals surface area contributed by atoms with Gasteiger partial charge in [0.05, 0.1) is 10.5 Å². The minimum atomic E-state index is -0.530. The molecule has 0 saturated heterocycles. The van der Waals surface area contributed by atoms with Crippen molar-refractivity contribution in [3.8, 4) is 11.6 Å². The molecule has 0 atom stereocenters. The van der Waals surface area contributed by atoms with Crippen LogP contribution < -0.4 is 10.5 Å². The quantitative estimate of drug-likeness (QED) is 0.711. The Labute approximate surface area is 119 Å². The highest BCUT2D eigenvalue weighted by Crippen LogP contribution is 2.26. The minimum Gasteiger partial charge on any atom is -0.439 e. The average Bonchev–Trinajstić information content (AvgIpc) is 2.43. The van der Waals surface area contributed by atoms with Crippen LogP contribution in [0.4, 0.5) is 10.1 Å². The molecule has 2 aromatic carbocycles. The van der Waals surface area contributed by atoms with Gasteiger partial charge in [-0.25, -0.2) is 9.37 Å². The van der Waals surface area contributed by atoms with E-state index >= 15 is 0 Å². The smallest absolute Gasteiger partial charge is 0.219 e. The third-order valence-electron chi connectivity index (χ3n) is 2.80. The molecule has 5 heteroatoms. The van der Waals surface area contributed by atoms with E-state index in [0.29, 0.717) is 17.3 Å². The van der Waals surface area contributed by atoms with E-state index in [2.05, 4.69) is 4.98 Å². The topological polar surface area (TPSA) is 48.1 Å². The predicted molar refractivity (Wildman–Crippen MR) is 77.6 cm³/mol. The van der Waals surface area contributed by atoms with E-state index < -0.39 is 5.82 Å². The highest BCUT2D eigenvalue weighted by atomic mass is 35.5. The van der Waals surface area contributed by atoms with Gasteiger partial charge in [0, 0.05) is 23.2 Å². The number of hydrogen-bond donors (Lipinski definition) is 1. The monoisotopic (exact) mass is 288 g/mol. The SMILES string of the molecule is Nc1ccc2nc(Oc3ccc(Cl)c(F)c3)ccc2c1. The Bertz CT molecular complexity index is 792. The molecule has 0 amide bonds. The molecule has 100 valence electrons. The van der Waals surface area contributed by atoms with Gasteiger partial charge in [-0.3, -0.25) is 0 Å². The largest absolute Gasteiger partial charge is 0.439 e. The number of pyridine rings is 1. The minimum absolute atomic E-state index is 0.0549. The summed E-state index contributed by atoms with van der Waals surface area (Å²) in [6.07, 6.45) is 0. The molecule has 0 aliphatic carbocycles. The number of rotatable bonds is 2. The maximum absolute atomic E-state index is 13.3. The molecule has 0 spiro atoms. The molecule has 1 aromatic heterocycles. The molecule has 0 radical (unpaired) electrons. The number of nitrogens with two attached hydrogens (primary N) is 1. The number of fused-ring (bicyclic) bond motifs is 1. The molecule has 3 nitrogen and oxygen atoms in total. The van der Waals surface area contributed by atoms with Crippen LogP contribution in [0.5, 0.6) is 11.6 Å².